The third-order valence-electron chi connectivity index (χ3n) is 2.66. The molecule has 0 heterocycles. The predicted octanol–water partition coefficient (Wildman–Crippen LogP) is -0.0109. The molecule has 5 nitrogen and oxygen atoms in total. The zero-order valence-corrected chi connectivity index (χ0v) is 10.4. The Morgan fingerprint density at radius 2 is 1.94 bits per heavy atom. The highest BCUT2D eigenvalue weighted by Crippen LogP contribution is 2.13. The molecule has 0 bridgehead atoms. The molecule has 5 N–H and O–H groups in total. The van der Waals surface area contributed by atoms with Crippen molar-refractivity contribution < 1.29 is 9.59 Å². The van der Waals surface area contributed by atoms with Gasteiger partial charge < -0.3 is 16.8 Å². The minimum atomic E-state index is -0.705. The number of amides is 2. The Hall–Kier alpha value is -1.10. The molecule has 0 aliphatic heterocycles. The molecule has 0 aliphatic carbocycles. The molecule has 0 fully saturated rings. The summed E-state index contributed by atoms with van der Waals surface area (Å²) in [6.45, 7) is 6.13. The highest BCUT2D eigenvalue weighted by molar-refractivity contribution is 5.82. The number of nitrogens with two attached hydrogens (primary N) is 2. The lowest BCUT2D eigenvalue weighted by molar-refractivity contribution is -0.128. The van der Waals surface area contributed by atoms with E-state index in [1.165, 1.54) is 0 Å². The first-order valence-corrected chi connectivity index (χ1v) is 5.59. The Labute approximate surface area is 96.9 Å². The zero-order valence-electron chi connectivity index (χ0n) is 10.4. The van der Waals surface area contributed by atoms with Crippen molar-refractivity contribution in [1.82, 2.24) is 5.32 Å². The second-order valence-corrected chi connectivity index (χ2v) is 4.80. The van der Waals surface area contributed by atoms with Crippen LogP contribution in [0.25, 0.3) is 0 Å². The van der Waals surface area contributed by atoms with Crippen LogP contribution in [0.3, 0.4) is 0 Å². The van der Waals surface area contributed by atoms with E-state index >= 15 is 0 Å². The van der Waals surface area contributed by atoms with Gasteiger partial charge in [0.25, 0.3) is 0 Å². The van der Waals surface area contributed by atoms with Crippen molar-refractivity contribution >= 4 is 11.8 Å². The summed E-state index contributed by atoms with van der Waals surface area (Å²) < 4.78 is 0. The van der Waals surface area contributed by atoms with E-state index in [2.05, 4.69) is 5.32 Å². The highest BCUT2D eigenvalue weighted by atomic mass is 16.2. The van der Waals surface area contributed by atoms with E-state index in [9.17, 15) is 9.59 Å². The molecule has 16 heavy (non-hydrogen) atoms. The van der Waals surface area contributed by atoms with Gasteiger partial charge in [0.05, 0.1) is 5.41 Å². The van der Waals surface area contributed by atoms with Gasteiger partial charge in [-0.1, -0.05) is 6.92 Å². The fraction of sp³-hybridized carbons (Fsp3) is 0.818. The van der Waals surface area contributed by atoms with E-state index in [0.29, 0.717) is 6.54 Å². The van der Waals surface area contributed by atoms with Crippen LogP contribution in [0.4, 0.5) is 0 Å². The smallest absolute Gasteiger partial charge is 0.224 e. The van der Waals surface area contributed by atoms with Crippen LogP contribution in [0.15, 0.2) is 0 Å². The van der Waals surface area contributed by atoms with Crippen molar-refractivity contribution in [3.8, 4) is 0 Å². The van der Waals surface area contributed by atoms with E-state index in [0.717, 1.165) is 12.8 Å². The SMILES string of the molecule is CC(CCCN)C(=O)NCC(C)(C)C(N)=O. The van der Waals surface area contributed by atoms with Crippen LogP contribution in [0, 0.1) is 11.3 Å². The Balaban J connectivity index is 4.02. The molecule has 5 heteroatoms. The van der Waals surface area contributed by atoms with Gasteiger partial charge in [0.15, 0.2) is 0 Å². The Morgan fingerprint density at radius 3 is 2.38 bits per heavy atom. The molecule has 1 unspecified atom stereocenters. The van der Waals surface area contributed by atoms with E-state index in [4.69, 9.17) is 11.5 Å². The number of nitrogens with one attached hydrogen (secondary N) is 1. The Bertz CT molecular complexity index is 252. The van der Waals surface area contributed by atoms with E-state index in [1.807, 2.05) is 6.92 Å². The number of primary amides is 1. The average Bonchev–Trinajstić information content (AvgIpc) is 2.22. The van der Waals surface area contributed by atoms with Gasteiger partial charge in [-0.3, -0.25) is 9.59 Å². The fourth-order valence-electron chi connectivity index (χ4n) is 1.12. The largest absolute Gasteiger partial charge is 0.369 e. The van der Waals surface area contributed by atoms with Gasteiger partial charge in [-0.05, 0) is 33.2 Å². The molecule has 94 valence electrons. The van der Waals surface area contributed by atoms with Crippen LogP contribution in [0.2, 0.25) is 0 Å². The first kappa shape index (κ1) is 14.9. The molecule has 0 spiro atoms. The minimum Gasteiger partial charge on any atom is -0.369 e. The lowest BCUT2D eigenvalue weighted by Crippen LogP contribution is -2.43. The average molecular weight is 229 g/mol. The van der Waals surface area contributed by atoms with Crippen molar-refractivity contribution in [3.05, 3.63) is 0 Å². The molecule has 2 amide bonds. The maximum Gasteiger partial charge on any atom is 0.224 e. The third-order valence-corrected chi connectivity index (χ3v) is 2.66. The number of hydrogen-bond acceptors (Lipinski definition) is 3. The van der Waals surface area contributed by atoms with Crippen molar-refractivity contribution in [2.45, 2.75) is 33.6 Å². The minimum absolute atomic E-state index is 0.0530. The summed E-state index contributed by atoms with van der Waals surface area (Å²) in [5.74, 6) is -0.544. The molecule has 0 saturated heterocycles. The first-order valence-electron chi connectivity index (χ1n) is 5.59. The molecular weight excluding hydrogens is 206 g/mol. The monoisotopic (exact) mass is 229 g/mol. The lowest BCUT2D eigenvalue weighted by atomic mass is 9.92. The summed E-state index contributed by atoms with van der Waals surface area (Å²) in [5, 5.41) is 2.73. The van der Waals surface area contributed by atoms with Crippen molar-refractivity contribution in [2.75, 3.05) is 13.1 Å². The standard InChI is InChI=1S/C11H23N3O2/c1-8(5-4-6-12)9(15)14-7-11(2,3)10(13)16/h8H,4-7,12H2,1-3H3,(H2,13,16)(H,14,15). The number of hydrogen-bond donors (Lipinski definition) is 3. The van der Waals surface area contributed by atoms with E-state index < -0.39 is 11.3 Å². The van der Waals surface area contributed by atoms with E-state index in [-0.39, 0.29) is 18.4 Å². The van der Waals surface area contributed by atoms with Gasteiger partial charge >= 0.3 is 0 Å². The molecule has 0 radical (unpaired) electrons. The van der Waals surface area contributed by atoms with Crippen LogP contribution in [0.1, 0.15) is 33.6 Å². The van der Waals surface area contributed by atoms with Gasteiger partial charge in [0.2, 0.25) is 11.8 Å². The molecule has 0 rings (SSSR count). The Morgan fingerprint density at radius 1 is 1.38 bits per heavy atom. The summed E-state index contributed by atoms with van der Waals surface area (Å²) in [4.78, 5) is 22.6. The van der Waals surface area contributed by atoms with Crippen LogP contribution in [0.5, 0.6) is 0 Å². The van der Waals surface area contributed by atoms with Crippen molar-refractivity contribution in [1.29, 1.82) is 0 Å². The van der Waals surface area contributed by atoms with Crippen LogP contribution in [-0.2, 0) is 9.59 Å². The second-order valence-electron chi connectivity index (χ2n) is 4.80. The lowest BCUT2D eigenvalue weighted by Gasteiger charge is -2.22. The second kappa shape index (κ2) is 6.48. The van der Waals surface area contributed by atoms with Gasteiger partial charge in [0, 0.05) is 12.5 Å². The van der Waals surface area contributed by atoms with Gasteiger partial charge in [-0.25, -0.2) is 0 Å². The maximum absolute atomic E-state index is 11.6. The number of carbonyl (C=O) groups excluding carboxylic acids is 2. The molecule has 0 aliphatic rings. The molecular formula is C11H23N3O2. The van der Waals surface area contributed by atoms with Gasteiger partial charge in [-0.15, -0.1) is 0 Å². The number of carbonyl (C=O) groups is 2. The quantitative estimate of drug-likeness (QED) is 0.572. The maximum atomic E-state index is 11.6. The summed E-state index contributed by atoms with van der Waals surface area (Å²) in [6.07, 6.45) is 1.59. The molecule has 0 aromatic heterocycles. The summed E-state index contributed by atoms with van der Waals surface area (Å²) in [7, 11) is 0. The topological polar surface area (TPSA) is 98.2 Å². The zero-order chi connectivity index (χ0) is 12.8. The van der Waals surface area contributed by atoms with Crippen LogP contribution < -0.4 is 16.8 Å². The molecule has 1 atom stereocenters. The fourth-order valence-corrected chi connectivity index (χ4v) is 1.12. The normalized spacial score (nSPS) is 13.2. The van der Waals surface area contributed by atoms with Crippen molar-refractivity contribution in [3.63, 3.8) is 0 Å². The summed E-state index contributed by atoms with van der Waals surface area (Å²) in [5.41, 5.74) is 9.87. The van der Waals surface area contributed by atoms with Crippen molar-refractivity contribution in [2.24, 2.45) is 22.8 Å². The molecule has 0 aromatic rings. The highest BCUT2D eigenvalue weighted by Gasteiger charge is 2.26. The van der Waals surface area contributed by atoms with Crippen LogP contribution >= 0.6 is 0 Å². The number of rotatable bonds is 7. The predicted molar refractivity (Wildman–Crippen MR) is 63.4 cm³/mol. The Kier molecular flexibility index (Phi) is 6.03. The third kappa shape index (κ3) is 5.11. The summed E-state index contributed by atoms with van der Waals surface area (Å²) in [6, 6.07) is 0. The molecule has 0 aromatic carbocycles. The summed E-state index contributed by atoms with van der Waals surface area (Å²) >= 11 is 0. The van der Waals surface area contributed by atoms with E-state index in [1.54, 1.807) is 13.8 Å². The van der Waals surface area contributed by atoms with Gasteiger partial charge in [0.1, 0.15) is 0 Å². The van der Waals surface area contributed by atoms with Crippen LogP contribution in [-0.4, -0.2) is 24.9 Å². The van der Waals surface area contributed by atoms with Gasteiger partial charge in [-0.2, -0.15) is 0 Å². The molecule has 0 saturated carbocycles. The first-order chi connectivity index (χ1) is 7.31.